The average Bonchev–Trinajstić information content (AvgIpc) is 3.15. The van der Waals surface area contributed by atoms with Gasteiger partial charge in [0.05, 0.1) is 0 Å². The number of hydrogen-bond donors (Lipinski definition) is 0. The topological polar surface area (TPSA) is 55.8 Å². The van der Waals surface area contributed by atoms with Crippen molar-refractivity contribution >= 4 is 11.9 Å². The molecule has 0 N–H and O–H groups in total. The maximum absolute atomic E-state index is 12.4. The van der Waals surface area contributed by atoms with Crippen LogP contribution in [0, 0.1) is 40.4 Å². The summed E-state index contributed by atoms with van der Waals surface area (Å²) in [5.74, 6) is 2.88. The van der Waals surface area contributed by atoms with Crippen LogP contribution in [0.4, 0.5) is 0 Å². The molecule has 35 heavy (non-hydrogen) atoms. The number of ether oxygens (including phenoxy) is 2. The van der Waals surface area contributed by atoms with Crippen molar-refractivity contribution in [1.29, 1.82) is 0 Å². The van der Waals surface area contributed by atoms with Gasteiger partial charge in [-0.3, -0.25) is 4.79 Å². The molecule has 5 aliphatic rings. The molecule has 194 valence electrons. The van der Waals surface area contributed by atoms with E-state index in [0.717, 1.165) is 49.1 Å². The fourth-order valence-corrected chi connectivity index (χ4v) is 9.36. The van der Waals surface area contributed by atoms with Crippen molar-refractivity contribution in [2.45, 2.75) is 97.7 Å². The van der Waals surface area contributed by atoms with Crippen molar-refractivity contribution in [3.63, 3.8) is 0 Å². The van der Waals surface area contributed by atoms with Gasteiger partial charge in [0, 0.05) is 45.6 Å². The standard InChI is InChI=1S/C30H45NO4/c1-18(27-16-21(31(5)6)17-28(33)35-27)24-9-10-25-23-8-7-20-15-22(34-19(2)32)11-13-29(20,3)26(23)12-14-30(24,25)4/h7,17-18,22-27H,8-16H2,1-6H3/t18-,22-,23-,24+,25-,26-,27+,29-,30+/m0/s1. The lowest BCUT2D eigenvalue weighted by atomic mass is 9.47. The number of rotatable bonds is 4. The summed E-state index contributed by atoms with van der Waals surface area (Å²) in [5.41, 5.74) is 3.22. The van der Waals surface area contributed by atoms with Crippen molar-refractivity contribution in [2.24, 2.45) is 40.4 Å². The lowest BCUT2D eigenvalue weighted by Gasteiger charge is -2.58. The molecule has 0 spiro atoms. The first-order valence-electron chi connectivity index (χ1n) is 14.0. The zero-order valence-electron chi connectivity index (χ0n) is 22.6. The van der Waals surface area contributed by atoms with E-state index in [-0.39, 0.29) is 29.6 Å². The highest BCUT2D eigenvalue weighted by Crippen LogP contribution is 2.67. The van der Waals surface area contributed by atoms with Gasteiger partial charge in [0.15, 0.2) is 0 Å². The quantitative estimate of drug-likeness (QED) is 0.368. The van der Waals surface area contributed by atoms with E-state index >= 15 is 0 Å². The molecule has 4 aliphatic carbocycles. The number of fused-ring (bicyclic) bond motifs is 5. The average molecular weight is 484 g/mol. The molecule has 0 aromatic carbocycles. The zero-order valence-corrected chi connectivity index (χ0v) is 22.6. The van der Waals surface area contributed by atoms with Crippen LogP contribution in [0.3, 0.4) is 0 Å². The molecule has 3 saturated carbocycles. The van der Waals surface area contributed by atoms with Crippen LogP contribution in [0.25, 0.3) is 0 Å². The predicted molar refractivity (Wildman–Crippen MR) is 136 cm³/mol. The van der Waals surface area contributed by atoms with Gasteiger partial charge in [-0.25, -0.2) is 4.79 Å². The molecular weight excluding hydrogens is 438 g/mol. The number of allylic oxidation sites excluding steroid dienone is 1. The second-order valence-corrected chi connectivity index (χ2v) is 13.0. The monoisotopic (exact) mass is 483 g/mol. The Morgan fingerprint density at radius 3 is 2.60 bits per heavy atom. The molecule has 0 radical (unpaired) electrons. The molecule has 0 aromatic rings. The molecule has 1 heterocycles. The molecule has 0 aromatic heterocycles. The van der Waals surface area contributed by atoms with Crippen molar-refractivity contribution < 1.29 is 19.1 Å². The third-order valence-corrected chi connectivity index (χ3v) is 11.2. The van der Waals surface area contributed by atoms with Crippen LogP contribution in [0.1, 0.15) is 85.5 Å². The number of carbonyl (C=O) groups is 2. The first-order chi connectivity index (χ1) is 16.5. The van der Waals surface area contributed by atoms with Crippen LogP contribution >= 0.6 is 0 Å². The number of hydrogen-bond acceptors (Lipinski definition) is 5. The number of nitrogens with zero attached hydrogens (tertiary/aromatic N) is 1. The molecule has 3 fully saturated rings. The fourth-order valence-electron chi connectivity index (χ4n) is 9.36. The fraction of sp³-hybridized carbons (Fsp3) is 0.800. The zero-order chi connectivity index (χ0) is 25.1. The number of carbonyl (C=O) groups excluding carboxylic acids is 2. The molecule has 5 rings (SSSR count). The van der Waals surface area contributed by atoms with Gasteiger partial charge in [0.2, 0.25) is 0 Å². The molecule has 5 nitrogen and oxygen atoms in total. The van der Waals surface area contributed by atoms with Crippen molar-refractivity contribution in [2.75, 3.05) is 14.1 Å². The largest absolute Gasteiger partial charge is 0.462 e. The number of esters is 2. The summed E-state index contributed by atoms with van der Waals surface area (Å²) in [6, 6.07) is 0. The van der Waals surface area contributed by atoms with E-state index in [4.69, 9.17) is 9.47 Å². The van der Waals surface area contributed by atoms with Gasteiger partial charge in [-0.05, 0) is 85.4 Å². The maximum atomic E-state index is 12.4. The van der Waals surface area contributed by atoms with Crippen molar-refractivity contribution in [3.8, 4) is 0 Å². The van der Waals surface area contributed by atoms with E-state index in [0.29, 0.717) is 17.3 Å². The Labute approximate surface area is 211 Å². The third kappa shape index (κ3) is 4.15. The maximum Gasteiger partial charge on any atom is 0.332 e. The second-order valence-electron chi connectivity index (χ2n) is 13.0. The van der Waals surface area contributed by atoms with Crippen LogP contribution in [0.5, 0.6) is 0 Å². The van der Waals surface area contributed by atoms with E-state index in [1.807, 2.05) is 14.1 Å². The van der Waals surface area contributed by atoms with E-state index in [9.17, 15) is 9.59 Å². The Morgan fingerprint density at radius 1 is 1.11 bits per heavy atom. The highest BCUT2D eigenvalue weighted by molar-refractivity contribution is 5.83. The second kappa shape index (κ2) is 8.95. The Bertz CT molecular complexity index is 937. The first-order valence-corrected chi connectivity index (χ1v) is 14.0. The van der Waals surface area contributed by atoms with Crippen LogP contribution in [-0.2, 0) is 19.1 Å². The summed E-state index contributed by atoms with van der Waals surface area (Å²) < 4.78 is 11.5. The molecular formula is C30H45NO4. The summed E-state index contributed by atoms with van der Waals surface area (Å²) in [4.78, 5) is 25.9. The summed E-state index contributed by atoms with van der Waals surface area (Å²) in [5, 5.41) is 0. The van der Waals surface area contributed by atoms with Crippen LogP contribution in [0.2, 0.25) is 0 Å². The van der Waals surface area contributed by atoms with Gasteiger partial charge in [-0.1, -0.05) is 32.4 Å². The van der Waals surface area contributed by atoms with Crippen LogP contribution in [-0.4, -0.2) is 43.1 Å². The number of cyclic esters (lactones) is 1. The normalized spacial score (nSPS) is 43.5. The summed E-state index contributed by atoms with van der Waals surface area (Å²) in [6.07, 6.45) is 14.4. The minimum Gasteiger partial charge on any atom is -0.462 e. The summed E-state index contributed by atoms with van der Waals surface area (Å²) in [7, 11) is 4.04. The highest BCUT2D eigenvalue weighted by atomic mass is 16.5. The third-order valence-electron chi connectivity index (χ3n) is 11.2. The molecule has 0 saturated heterocycles. The Balaban J connectivity index is 1.33. The van der Waals surface area contributed by atoms with Gasteiger partial charge in [-0.2, -0.15) is 0 Å². The Hall–Kier alpha value is -1.78. The molecule has 0 unspecified atom stereocenters. The smallest absolute Gasteiger partial charge is 0.332 e. The Morgan fingerprint density at radius 2 is 1.89 bits per heavy atom. The molecule has 1 aliphatic heterocycles. The minimum absolute atomic E-state index is 0.0184. The van der Waals surface area contributed by atoms with E-state index < -0.39 is 0 Å². The van der Waals surface area contributed by atoms with E-state index in [1.54, 1.807) is 11.6 Å². The molecule has 5 heteroatoms. The summed E-state index contributed by atoms with van der Waals surface area (Å²) in [6.45, 7) is 8.95. The highest BCUT2D eigenvalue weighted by Gasteiger charge is 2.60. The molecule has 9 atom stereocenters. The van der Waals surface area contributed by atoms with E-state index in [2.05, 4.69) is 31.7 Å². The SMILES string of the molecule is CC(=O)O[C@H]1CC[C@@]2(C)C(=CC[C@H]3[C@@H]4CC[C@H]([C@H](C)[C@H]5CC(N(C)C)=CC(=O)O5)[C@@]4(C)CC[C@@H]32)C1. The van der Waals surface area contributed by atoms with E-state index in [1.165, 1.54) is 39.0 Å². The molecule has 0 bridgehead atoms. The predicted octanol–water partition coefficient (Wildman–Crippen LogP) is 5.89. The lowest BCUT2D eigenvalue weighted by molar-refractivity contribution is -0.150. The molecule has 0 amide bonds. The summed E-state index contributed by atoms with van der Waals surface area (Å²) >= 11 is 0. The Kier molecular flexibility index (Phi) is 6.37. The van der Waals surface area contributed by atoms with Crippen molar-refractivity contribution in [1.82, 2.24) is 4.90 Å². The van der Waals surface area contributed by atoms with Crippen LogP contribution < -0.4 is 0 Å². The van der Waals surface area contributed by atoms with Gasteiger partial charge >= 0.3 is 11.9 Å². The van der Waals surface area contributed by atoms with Crippen LogP contribution in [0.15, 0.2) is 23.4 Å². The van der Waals surface area contributed by atoms with Crippen molar-refractivity contribution in [3.05, 3.63) is 23.4 Å². The lowest BCUT2D eigenvalue weighted by Crippen LogP contribution is -2.51. The first kappa shape index (κ1) is 24.9. The minimum atomic E-state index is -0.178. The van der Waals surface area contributed by atoms with Gasteiger partial charge < -0.3 is 14.4 Å². The van der Waals surface area contributed by atoms with Gasteiger partial charge in [0.1, 0.15) is 12.2 Å². The van der Waals surface area contributed by atoms with Gasteiger partial charge in [-0.15, -0.1) is 0 Å². The van der Waals surface area contributed by atoms with Gasteiger partial charge in [0.25, 0.3) is 0 Å².